The van der Waals surface area contributed by atoms with Gasteiger partial charge in [0.15, 0.2) is 0 Å². The molecule has 1 aliphatic heterocycles. The van der Waals surface area contributed by atoms with Crippen LogP contribution in [0.25, 0.3) is 5.76 Å². The van der Waals surface area contributed by atoms with Crippen molar-refractivity contribution >= 4 is 63.6 Å². The zero-order valence-corrected chi connectivity index (χ0v) is 22.6. The van der Waals surface area contributed by atoms with Gasteiger partial charge >= 0.3 is 0 Å². The zero-order chi connectivity index (χ0) is 27.7. The molecule has 0 aliphatic carbocycles. The highest BCUT2D eigenvalue weighted by Crippen LogP contribution is 2.45. The third-order valence-electron chi connectivity index (χ3n) is 6.10. The number of anilines is 3. The summed E-state index contributed by atoms with van der Waals surface area (Å²) in [6.07, 6.45) is 0. The highest BCUT2D eigenvalue weighted by molar-refractivity contribution is 6.52. The normalized spacial score (nSPS) is 16.5. The summed E-state index contributed by atoms with van der Waals surface area (Å²) in [6.45, 7) is 1.39. The van der Waals surface area contributed by atoms with Crippen molar-refractivity contribution in [2.75, 3.05) is 36.3 Å². The first kappa shape index (κ1) is 27.0. The highest BCUT2D eigenvalue weighted by Gasteiger charge is 2.47. The third kappa shape index (κ3) is 5.05. The van der Waals surface area contributed by atoms with E-state index in [1.165, 1.54) is 31.1 Å². The largest absolute Gasteiger partial charge is 0.507 e. The van der Waals surface area contributed by atoms with E-state index in [4.69, 9.17) is 27.9 Å². The second-order valence-electron chi connectivity index (χ2n) is 8.85. The van der Waals surface area contributed by atoms with Gasteiger partial charge in [-0.25, -0.2) is 0 Å². The van der Waals surface area contributed by atoms with Gasteiger partial charge in [0.1, 0.15) is 11.5 Å². The van der Waals surface area contributed by atoms with Crippen LogP contribution in [-0.2, 0) is 14.4 Å². The number of aliphatic hydroxyl groups excluding tert-OH is 1. The number of halogens is 2. The van der Waals surface area contributed by atoms with Gasteiger partial charge in [-0.1, -0.05) is 35.3 Å². The molecule has 3 aromatic carbocycles. The quantitative estimate of drug-likeness (QED) is 0.232. The van der Waals surface area contributed by atoms with E-state index < -0.39 is 23.5 Å². The Morgan fingerprint density at radius 2 is 1.66 bits per heavy atom. The number of ketones is 1. The van der Waals surface area contributed by atoms with Crippen LogP contribution in [0, 0.1) is 0 Å². The Balaban J connectivity index is 1.94. The summed E-state index contributed by atoms with van der Waals surface area (Å²) in [4.78, 5) is 41.6. The molecule has 1 saturated heterocycles. The van der Waals surface area contributed by atoms with E-state index >= 15 is 0 Å². The molecule has 38 heavy (non-hydrogen) atoms. The van der Waals surface area contributed by atoms with E-state index in [1.54, 1.807) is 36.4 Å². The number of methoxy groups -OCH3 is 1. The van der Waals surface area contributed by atoms with Gasteiger partial charge in [-0.3, -0.25) is 19.3 Å². The molecule has 0 radical (unpaired) electrons. The molecule has 0 aromatic heterocycles. The maximum absolute atomic E-state index is 13.5. The summed E-state index contributed by atoms with van der Waals surface area (Å²) in [5.41, 5.74) is 2.37. The second kappa shape index (κ2) is 10.8. The highest BCUT2D eigenvalue weighted by atomic mass is 35.5. The van der Waals surface area contributed by atoms with Crippen molar-refractivity contribution in [2.24, 2.45) is 0 Å². The van der Waals surface area contributed by atoms with Crippen LogP contribution in [0.4, 0.5) is 17.1 Å². The van der Waals surface area contributed by atoms with E-state index in [9.17, 15) is 19.5 Å². The molecule has 2 N–H and O–H groups in total. The molecule has 0 saturated carbocycles. The summed E-state index contributed by atoms with van der Waals surface area (Å²) >= 11 is 12.5. The van der Waals surface area contributed by atoms with Crippen molar-refractivity contribution in [3.05, 3.63) is 87.4 Å². The molecule has 1 heterocycles. The zero-order valence-electron chi connectivity index (χ0n) is 21.1. The Morgan fingerprint density at radius 1 is 1.03 bits per heavy atom. The van der Waals surface area contributed by atoms with Gasteiger partial charge in [-0.05, 0) is 54.1 Å². The van der Waals surface area contributed by atoms with Crippen LogP contribution in [0.15, 0.2) is 66.2 Å². The Morgan fingerprint density at radius 3 is 2.21 bits per heavy atom. The fourth-order valence-electron chi connectivity index (χ4n) is 4.37. The predicted molar refractivity (Wildman–Crippen MR) is 149 cm³/mol. The number of nitrogens with one attached hydrogen (secondary N) is 1. The smallest absolute Gasteiger partial charge is 0.300 e. The van der Waals surface area contributed by atoms with E-state index in [-0.39, 0.29) is 32.8 Å². The van der Waals surface area contributed by atoms with Crippen LogP contribution in [0.2, 0.25) is 10.0 Å². The summed E-state index contributed by atoms with van der Waals surface area (Å²) in [7, 11) is 5.17. The number of hydrogen-bond acceptors (Lipinski definition) is 6. The Bertz CT molecular complexity index is 1450. The Labute approximate surface area is 230 Å². The number of ether oxygens (including phenoxy) is 1. The number of rotatable bonds is 6. The van der Waals surface area contributed by atoms with Gasteiger partial charge in [0.25, 0.3) is 11.7 Å². The number of Topliss-reactive ketones (excluding diaryl/α,β-unsaturated/α-hetero) is 1. The van der Waals surface area contributed by atoms with Gasteiger partial charge in [0.2, 0.25) is 5.91 Å². The van der Waals surface area contributed by atoms with E-state index in [0.717, 1.165) is 5.69 Å². The summed E-state index contributed by atoms with van der Waals surface area (Å²) in [6, 6.07) is 15.7. The first-order valence-corrected chi connectivity index (χ1v) is 12.3. The topological polar surface area (TPSA) is 99.2 Å². The predicted octanol–water partition coefficient (Wildman–Crippen LogP) is 5.65. The van der Waals surface area contributed by atoms with Crippen molar-refractivity contribution in [2.45, 2.75) is 13.0 Å². The van der Waals surface area contributed by atoms with Gasteiger partial charge in [-0.2, -0.15) is 0 Å². The number of hydrogen-bond donors (Lipinski definition) is 2. The average Bonchev–Trinajstić information content (AvgIpc) is 3.13. The molecular formula is C28H25Cl2N3O5. The summed E-state index contributed by atoms with van der Waals surface area (Å²) in [5.74, 6) is -2.31. The maximum atomic E-state index is 13.5. The number of nitrogens with zero attached hydrogens (tertiary/aromatic N) is 2. The number of benzene rings is 3. The van der Waals surface area contributed by atoms with E-state index in [0.29, 0.717) is 16.9 Å². The SMILES string of the molecule is COc1c(Cl)cc(Cl)cc1/C(O)=C1\C(=O)C(=O)N(c2ccc(NC(C)=O)cc2)C1c1ccc(N(C)C)cc1. The molecule has 10 heteroatoms. The molecule has 1 fully saturated rings. The van der Waals surface area contributed by atoms with Gasteiger partial charge in [0, 0.05) is 43.1 Å². The first-order valence-electron chi connectivity index (χ1n) is 11.5. The van der Waals surface area contributed by atoms with Gasteiger partial charge in [0.05, 0.1) is 29.3 Å². The standard InChI is InChI=1S/C28H25Cl2N3O5/c1-15(34)31-18-7-11-20(12-8-18)33-24(16-5-9-19(10-6-16)32(2)3)23(26(36)28(33)37)25(35)21-13-17(29)14-22(30)27(21)38-4/h5-14,24,35H,1-4H3,(H,31,34)/b25-23+. The Kier molecular flexibility index (Phi) is 7.66. The van der Waals surface area contributed by atoms with Crippen LogP contribution >= 0.6 is 23.2 Å². The lowest BCUT2D eigenvalue weighted by Gasteiger charge is -2.26. The molecule has 1 atom stereocenters. The maximum Gasteiger partial charge on any atom is 0.300 e. The molecular weight excluding hydrogens is 529 g/mol. The fraction of sp³-hybridized carbons (Fsp3) is 0.179. The van der Waals surface area contributed by atoms with Crippen LogP contribution in [0.1, 0.15) is 24.1 Å². The second-order valence-corrected chi connectivity index (χ2v) is 9.70. The monoisotopic (exact) mass is 553 g/mol. The molecule has 1 aliphatic rings. The van der Waals surface area contributed by atoms with E-state index in [2.05, 4.69) is 5.32 Å². The van der Waals surface area contributed by atoms with Crippen molar-refractivity contribution < 1.29 is 24.2 Å². The number of amides is 2. The van der Waals surface area contributed by atoms with Crippen LogP contribution in [0.3, 0.4) is 0 Å². The number of aliphatic hydroxyl groups is 1. The summed E-state index contributed by atoms with van der Waals surface area (Å²) < 4.78 is 5.38. The van der Waals surface area contributed by atoms with Crippen molar-refractivity contribution in [1.82, 2.24) is 0 Å². The molecule has 1 unspecified atom stereocenters. The Hall–Kier alpha value is -4.01. The lowest BCUT2D eigenvalue weighted by molar-refractivity contribution is -0.132. The van der Waals surface area contributed by atoms with Gasteiger partial charge < -0.3 is 20.1 Å². The molecule has 0 spiro atoms. The lowest BCUT2D eigenvalue weighted by Crippen LogP contribution is -2.29. The number of carbonyl (C=O) groups is 3. The fourth-order valence-corrected chi connectivity index (χ4v) is 4.94. The molecule has 0 bridgehead atoms. The first-order chi connectivity index (χ1) is 18.0. The molecule has 4 rings (SSSR count). The summed E-state index contributed by atoms with van der Waals surface area (Å²) in [5, 5.41) is 14.5. The molecule has 2 amide bonds. The molecule has 8 nitrogen and oxygen atoms in total. The minimum atomic E-state index is -0.972. The van der Waals surface area contributed by atoms with E-state index in [1.807, 2.05) is 31.1 Å². The number of carbonyl (C=O) groups excluding carboxylic acids is 3. The minimum Gasteiger partial charge on any atom is -0.507 e. The van der Waals surface area contributed by atoms with Crippen LogP contribution < -0.4 is 19.9 Å². The van der Waals surface area contributed by atoms with Gasteiger partial charge in [-0.15, -0.1) is 0 Å². The van der Waals surface area contributed by atoms with Crippen molar-refractivity contribution in [1.29, 1.82) is 0 Å². The van der Waals surface area contributed by atoms with Crippen molar-refractivity contribution in [3.8, 4) is 5.75 Å². The van der Waals surface area contributed by atoms with Crippen LogP contribution in [0.5, 0.6) is 5.75 Å². The average molecular weight is 554 g/mol. The molecule has 196 valence electrons. The van der Waals surface area contributed by atoms with Crippen molar-refractivity contribution in [3.63, 3.8) is 0 Å². The lowest BCUT2D eigenvalue weighted by atomic mass is 9.94. The molecule has 3 aromatic rings. The van der Waals surface area contributed by atoms with Crippen LogP contribution in [-0.4, -0.2) is 43.9 Å². The minimum absolute atomic E-state index is 0.0823. The third-order valence-corrected chi connectivity index (χ3v) is 6.60.